The van der Waals surface area contributed by atoms with Crippen LogP contribution in [0.3, 0.4) is 0 Å². The van der Waals surface area contributed by atoms with E-state index in [1.807, 2.05) is 60.7 Å². The van der Waals surface area contributed by atoms with Crippen LogP contribution in [0.5, 0.6) is 0 Å². The van der Waals surface area contributed by atoms with Gasteiger partial charge >= 0.3 is 0 Å². The standard InChI is InChI=1S/C16H12O2/c17-15-13(11-7-3-1-4-8-11)16(18)14(15)12-9-5-2-6-10-12/h1-10,17-18H. The van der Waals surface area contributed by atoms with Gasteiger partial charge in [0.25, 0.3) is 0 Å². The van der Waals surface area contributed by atoms with Crippen LogP contribution in [0.1, 0.15) is 11.1 Å². The van der Waals surface area contributed by atoms with E-state index in [9.17, 15) is 10.2 Å². The summed E-state index contributed by atoms with van der Waals surface area (Å²) >= 11 is 0. The van der Waals surface area contributed by atoms with Crippen LogP contribution in [0.2, 0.25) is 0 Å². The van der Waals surface area contributed by atoms with Gasteiger partial charge in [-0.25, -0.2) is 0 Å². The molecule has 88 valence electrons. The first-order chi connectivity index (χ1) is 8.79. The fraction of sp³-hybridized carbons (Fsp3) is 0. The minimum atomic E-state index is 0.157. The van der Waals surface area contributed by atoms with Gasteiger partial charge in [0.05, 0.1) is 11.1 Å². The molecule has 0 saturated carbocycles. The van der Waals surface area contributed by atoms with Gasteiger partial charge in [0.2, 0.25) is 0 Å². The van der Waals surface area contributed by atoms with Crippen molar-refractivity contribution < 1.29 is 10.2 Å². The molecule has 2 aromatic carbocycles. The highest BCUT2D eigenvalue weighted by Gasteiger charge is 2.30. The molecule has 2 aromatic rings. The summed E-state index contributed by atoms with van der Waals surface area (Å²) in [5, 5.41) is 20.2. The molecule has 0 fully saturated rings. The molecule has 0 heterocycles. The lowest BCUT2D eigenvalue weighted by Crippen LogP contribution is -2.10. The van der Waals surface area contributed by atoms with Crippen LogP contribution >= 0.6 is 0 Å². The second-order valence-electron chi connectivity index (χ2n) is 4.18. The van der Waals surface area contributed by atoms with Crippen LogP contribution in [0, 0.1) is 0 Å². The fourth-order valence-electron chi connectivity index (χ4n) is 2.17. The molecule has 0 saturated heterocycles. The zero-order chi connectivity index (χ0) is 12.5. The highest BCUT2D eigenvalue weighted by molar-refractivity contribution is 6.06. The van der Waals surface area contributed by atoms with Crippen molar-refractivity contribution in [3.05, 3.63) is 83.3 Å². The Morgan fingerprint density at radius 3 is 1.17 bits per heavy atom. The van der Waals surface area contributed by atoms with Gasteiger partial charge in [0, 0.05) is 0 Å². The smallest absolute Gasteiger partial charge is 0.138 e. The van der Waals surface area contributed by atoms with Crippen molar-refractivity contribution in [2.24, 2.45) is 0 Å². The summed E-state index contributed by atoms with van der Waals surface area (Å²) in [4.78, 5) is 0. The largest absolute Gasteiger partial charge is 0.506 e. The molecular formula is C16H12O2. The van der Waals surface area contributed by atoms with Gasteiger partial charge in [-0.1, -0.05) is 60.7 Å². The van der Waals surface area contributed by atoms with Crippen molar-refractivity contribution in [3.63, 3.8) is 0 Å². The van der Waals surface area contributed by atoms with Crippen LogP contribution in [0.25, 0.3) is 11.1 Å². The van der Waals surface area contributed by atoms with E-state index in [0.29, 0.717) is 11.1 Å². The minimum Gasteiger partial charge on any atom is -0.506 e. The molecule has 2 N–H and O–H groups in total. The van der Waals surface area contributed by atoms with Crippen molar-refractivity contribution in [1.82, 2.24) is 0 Å². The molecule has 1 aliphatic carbocycles. The quantitative estimate of drug-likeness (QED) is 0.829. The maximum Gasteiger partial charge on any atom is 0.138 e. The van der Waals surface area contributed by atoms with Crippen LogP contribution in [0.15, 0.2) is 72.2 Å². The van der Waals surface area contributed by atoms with Gasteiger partial charge in [-0.05, 0) is 11.1 Å². The van der Waals surface area contributed by atoms with Gasteiger partial charge in [-0.2, -0.15) is 0 Å². The Hall–Kier alpha value is -2.48. The molecule has 0 aliphatic heterocycles. The molecule has 2 nitrogen and oxygen atoms in total. The van der Waals surface area contributed by atoms with E-state index in [1.165, 1.54) is 0 Å². The molecule has 3 rings (SSSR count). The summed E-state index contributed by atoms with van der Waals surface area (Å²) in [6.07, 6.45) is 0. The molecule has 0 spiro atoms. The monoisotopic (exact) mass is 236 g/mol. The van der Waals surface area contributed by atoms with Gasteiger partial charge in [0.15, 0.2) is 0 Å². The number of hydrogen-bond acceptors (Lipinski definition) is 2. The van der Waals surface area contributed by atoms with Crippen LogP contribution < -0.4 is 0 Å². The predicted molar refractivity (Wildman–Crippen MR) is 72.0 cm³/mol. The number of allylic oxidation sites excluding steroid dienone is 2. The topological polar surface area (TPSA) is 40.5 Å². The van der Waals surface area contributed by atoms with Gasteiger partial charge in [0.1, 0.15) is 11.5 Å². The van der Waals surface area contributed by atoms with E-state index in [2.05, 4.69) is 0 Å². The van der Waals surface area contributed by atoms with E-state index >= 15 is 0 Å². The fourth-order valence-corrected chi connectivity index (χ4v) is 2.17. The molecule has 1 aliphatic rings. The average Bonchev–Trinajstić information content (AvgIpc) is 2.41. The molecule has 0 amide bonds. The van der Waals surface area contributed by atoms with Gasteiger partial charge < -0.3 is 10.2 Å². The van der Waals surface area contributed by atoms with Gasteiger partial charge in [-0.3, -0.25) is 0 Å². The predicted octanol–water partition coefficient (Wildman–Crippen LogP) is 3.94. The maximum absolute atomic E-state index is 10.1. The Bertz CT molecular complexity index is 567. The lowest BCUT2D eigenvalue weighted by atomic mass is 9.84. The summed E-state index contributed by atoms with van der Waals surface area (Å²) in [6.45, 7) is 0. The molecule has 18 heavy (non-hydrogen) atoms. The SMILES string of the molecule is OC1=C(c2ccccc2)C(O)=C1c1ccccc1. The highest BCUT2D eigenvalue weighted by atomic mass is 16.3. The van der Waals surface area contributed by atoms with Crippen molar-refractivity contribution in [1.29, 1.82) is 0 Å². The number of aliphatic hydroxyl groups is 2. The zero-order valence-electron chi connectivity index (χ0n) is 9.67. The summed E-state index contributed by atoms with van der Waals surface area (Å²) in [5.41, 5.74) is 2.70. The van der Waals surface area contributed by atoms with Crippen LogP contribution in [-0.4, -0.2) is 10.2 Å². The average molecular weight is 236 g/mol. The summed E-state index contributed by atoms with van der Waals surface area (Å²) in [7, 11) is 0. The Labute approximate surface area is 105 Å². The third-order valence-electron chi connectivity index (χ3n) is 3.07. The minimum absolute atomic E-state index is 0.157. The van der Waals surface area contributed by atoms with Crippen LogP contribution in [-0.2, 0) is 0 Å². The Balaban J connectivity index is 2.02. The van der Waals surface area contributed by atoms with E-state index in [1.54, 1.807) is 0 Å². The van der Waals surface area contributed by atoms with Crippen molar-refractivity contribution in [3.8, 4) is 0 Å². The zero-order valence-corrected chi connectivity index (χ0v) is 9.67. The van der Waals surface area contributed by atoms with E-state index in [0.717, 1.165) is 11.1 Å². The Kier molecular flexibility index (Phi) is 2.41. The van der Waals surface area contributed by atoms with Crippen molar-refractivity contribution in [2.45, 2.75) is 0 Å². The van der Waals surface area contributed by atoms with Crippen molar-refractivity contribution >= 4 is 11.1 Å². The summed E-state index contributed by atoms with van der Waals surface area (Å²) in [5.74, 6) is 0.315. The molecule has 0 unspecified atom stereocenters. The Morgan fingerprint density at radius 2 is 0.833 bits per heavy atom. The Morgan fingerprint density at radius 1 is 0.500 bits per heavy atom. The van der Waals surface area contributed by atoms with E-state index < -0.39 is 0 Å². The van der Waals surface area contributed by atoms with Crippen LogP contribution in [0.4, 0.5) is 0 Å². The molecule has 0 aromatic heterocycles. The first-order valence-corrected chi connectivity index (χ1v) is 5.77. The maximum atomic E-state index is 10.1. The molecule has 0 bridgehead atoms. The second-order valence-corrected chi connectivity index (χ2v) is 4.18. The van der Waals surface area contributed by atoms with E-state index in [4.69, 9.17) is 0 Å². The molecule has 2 heteroatoms. The third kappa shape index (κ3) is 1.51. The highest BCUT2D eigenvalue weighted by Crippen LogP contribution is 2.44. The third-order valence-corrected chi connectivity index (χ3v) is 3.07. The molecule has 0 radical (unpaired) electrons. The number of hydrogen-bond donors (Lipinski definition) is 2. The van der Waals surface area contributed by atoms with Crippen molar-refractivity contribution in [2.75, 3.05) is 0 Å². The van der Waals surface area contributed by atoms with Gasteiger partial charge in [-0.15, -0.1) is 0 Å². The summed E-state index contributed by atoms with van der Waals surface area (Å²) in [6, 6.07) is 18.8. The normalized spacial score (nSPS) is 14.7. The first kappa shape index (κ1) is 10.7. The summed E-state index contributed by atoms with van der Waals surface area (Å²) < 4.78 is 0. The molecular weight excluding hydrogens is 224 g/mol. The molecule has 0 atom stereocenters. The first-order valence-electron chi connectivity index (χ1n) is 5.77. The second kappa shape index (κ2) is 4.08. The number of rotatable bonds is 2. The van der Waals surface area contributed by atoms with E-state index in [-0.39, 0.29) is 11.5 Å². The lowest BCUT2D eigenvalue weighted by Gasteiger charge is -2.24. The lowest BCUT2D eigenvalue weighted by molar-refractivity contribution is 0.390. The number of benzene rings is 2. The number of aliphatic hydroxyl groups excluding tert-OH is 2.